The molecule has 8 heteroatoms. The number of ether oxygens (including phenoxy) is 1. The molecule has 0 spiro atoms. The quantitative estimate of drug-likeness (QED) is 0.390. The van der Waals surface area contributed by atoms with Gasteiger partial charge in [0.1, 0.15) is 29.0 Å². The Hall–Kier alpha value is -4.33. The van der Waals surface area contributed by atoms with Crippen LogP contribution in [0.2, 0.25) is 0 Å². The first-order valence-electron chi connectivity index (χ1n) is 9.33. The fraction of sp³-hybridized carbons (Fsp3) is 0. The predicted octanol–water partition coefficient (Wildman–Crippen LogP) is 5.29. The summed E-state index contributed by atoms with van der Waals surface area (Å²) in [4.78, 5) is 23.4. The highest BCUT2D eigenvalue weighted by Gasteiger charge is 2.13. The molecule has 152 valence electrons. The summed E-state index contributed by atoms with van der Waals surface area (Å²) in [5, 5.41) is 4.26. The van der Waals surface area contributed by atoms with Gasteiger partial charge in [0.25, 0.3) is 5.56 Å². The molecular weight excluding hydrogens is 402 g/mol. The second-order valence-electron chi connectivity index (χ2n) is 6.81. The Morgan fingerprint density at radius 1 is 0.935 bits per heavy atom. The maximum atomic E-state index is 14.3. The number of halogens is 2. The Bertz CT molecular complexity index is 1490. The highest BCUT2D eigenvalue weighted by atomic mass is 19.1. The van der Waals surface area contributed by atoms with Gasteiger partial charge in [0, 0.05) is 41.0 Å². The number of H-pyrrole nitrogens is 1. The zero-order valence-corrected chi connectivity index (χ0v) is 15.9. The van der Waals surface area contributed by atoms with E-state index in [1.165, 1.54) is 42.7 Å². The number of nitrogens with one attached hydrogen (secondary N) is 2. The van der Waals surface area contributed by atoms with Crippen LogP contribution in [0.1, 0.15) is 0 Å². The van der Waals surface area contributed by atoms with Gasteiger partial charge in [-0.1, -0.05) is 0 Å². The van der Waals surface area contributed by atoms with Gasteiger partial charge >= 0.3 is 0 Å². The number of fused-ring (bicyclic) bond motifs is 3. The molecule has 0 saturated heterocycles. The third-order valence-corrected chi connectivity index (χ3v) is 4.68. The summed E-state index contributed by atoms with van der Waals surface area (Å²) < 4.78 is 33.9. The highest BCUT2D eigenvalue weighted by molar-refractivity contribution is 6.10. The van der Waals surface area contributed by atoms with Crippen molar-refractivity contribution in [3.05, 3.63) is 95.2 Å². The van der Waals surface area contributed by atoms with Crippen molar-refractivity contribution in [2.75, 3.05) is 5.32 Å². The van der Waals surface area contributed by atoms with Crippen molar-refractivity contribution in [1.82, 2.24) is 15.0 Å². The lowest BCUT2D eigenvalue weighted by molar-refractivity contribution is 0.475. The molecular formula is C23H14F2N4O2. The number of aromatic nitrogens is 3. The molecule has 6 nitrogen and oxygen atoms in total. The zero-order chi connectivity index (χ0) is 21.4. The van der Waals surface area contributed by atoms with E-state index in [0.717, 1.165) is 0 Å². The highest BCUT2D eigenvalue weighted by Crippen LogP contribution is 2.32. The van der Waals surface area contributed by atoms with Crippen molar-refractivity contribution in [3.63, 3.8) is 0 Å². The molecule has 0 saturated carbocycles. The number of rotatable bonds is 4. The smallest absolute Gasteiger partial charge is 0.258 e. The maximum Gasteiger partial charge on any atom is 0.258 e. The molecule has 0 atom stereocenters. The van der Waals surface area contributed by atoms with Crippen LogP contribution >= 0.6 is 0 Å². The van der Waals surface area contributed by atoms with E-state index in [4.69, 9.17) is 4.74 Å². The molecule has 5 aromatic rings. The lowest BCUT2D eigenvalue weighted by Gasteiger charge is -2.13. The third kappa shape index (κ3) is 3.66. The molecule has 0 aliphatic carbocycles. The lowest BCUT2D eigenvalue weighted by Crippen LogP contribution is -2.07. The van der Waals surface area contributed by atoms with Crippen LogP contribution in [0.4, 0.5) is 20.3 Å². The van der Waals surface area contributed by atoms with E-state index in [9.17, 15) is 13.6 Å². The van der Waals surface area contributed by atoms with Gasteiger partial charge in [0.2, 0.25) is 0 Å². The summed E-state index contributed by atoms with van der Waals surface area (Å²) in [6, 6.07) is 13.3. The second kappa shape index (κ2) is 7.49. The van der Waals surface area contributed by atoms with Crippen molar-refractivity contribution >= 4 is 33.2 Å². The van der Waals surface area contributed by atoms with Crippen molar-refractivity contribution in [2.24, 2.45) is 0 Å². The minimum absolute atomic E-state index is 0.267. The molecule has 0 amide bonds. The second-order valence-corrected chi connectivity index (χ2v) is 6.81. The Kier molecular flexibility index (Phi) is 4.51. The van der Waals surface area contributed by atoms with Gasteiger partial charge in [-0.15, -0.1) is 0 Å². The predicted molar refractivity (Wildman–Crippen MR) is 114 cm³/mol. The fourth-order valence-corrected chi connectivity index (χ4v) is 3.40. The van der Waals surface area contributed by atoms with E-state index in [2.05, 4.69) is 20.3 Å². The Balaban J connectivity index is 1.61. The van der Waals surface area contributed by atoms with E-state index >= 15 is 0 Å². The van der Waals surface area contributed by atoms with E-state index in [-0.39, 0.29) is 16.7 Å². The third-order valence-electron chi connectivity index (χ3n) is 4.68. The lowest BCUT2D eigenvalue weighted by atomic mass is 10.1. The van der Waals surface area contributed by atoms with Gasteiger partial charge in [0.05, 0.1) is 17.1 Å². The number of aromatic amines is 1. The van der Waals surface area contributed by atoms with E-state index in [0.29, 0.717) is 33.5 Å². The average molecular weight is 416 g/mol. The number of hydrogen-bond acceptors (Lipinski definition) is 5. The number of pyridine rings is 3. The molecule has 0 aliphatic heterocycles. The number of benzene rings is 2. The average Bonchev–Trinajstić information content (AvgIpc) is 2.74. The van der Waals surface area contributed by atoms with Gasteiger partial charge in [0.15, 0.2) is 0 Å². The fourth-order valence-electron chi connectivity index (χ4n) is 3.40. The number of anilines is 2. The van der Waals surface area contributed by atoms with Gasteiger partial charge in [-0.3, -0.25) is 9.78 Å². The van der Waals surface area contributed by atoms with E-state index in [1.807, 2.05) is 0 Å². The summed E-state index contributed by atoms with van der Waals surface area (Å²) in [5.74, 6) is 0.0840. The molecule has 0 unspecified atom stereocenters. The molecule has 3 aromatic heterocycles. The van der Waals surface area contributed by atoms with E-state index < -0.39 is 11.6 Å². The molecule has 0 aliphatic rings. The van der Waals surface area contributed by atoms with Gasteiger partial charge in [-0.05, 0) is 42.5 Å². The minimum atomic E-state index is -0.517. The normalized spacial score (nSPS) is 11.0. The standard InChI is InChI=1S/C23H14F2N4O2/c24-13-3-4-18-19(10-13)21-20(5-7-27-23(21)30)29-22(18)28-15-8-14(25)9-17(11-15)31-16-2-1-6-26-12-16/h1-12H,(H,27,30)(H,28,29). The van der Waals surface area contributed by atoms with Crippen LogP contribution < -0.4 is 15.6 Å². The summed E-state index contributed by atoms with van der Waals surface area (Å²) >= 11 is 0. The van der Waals surface area contributed by atoms with Gasteiger partial charge < -0.3 is 15.0 Å². The molecule has 31 heavy (non-hydrogen) atoms. The number of nitrogens with zero attached hydrogens (tertiary/aromatic N) is 2. The first-order chi connectivity index (χ1) is 15.1. The molecule has 2 N–H and O–H groups in total. The van der Waals surface area contributed by atoms with Crippen LogP contribution in [0.3, 0.4) is 0 Å². The van der Waals surface area contributed by atoms with Crippen molar-refractivity contribution in [3.8, 4) is 11.5 Å². The van der Waals surface area contributed by atoms with Crippen LogP contribution in [0.15, 0.2) is 78.0 Å². The molecule has 0 fully saturated rings. The van der Waals surface area contributed by atoms with Crippen LogP contribution in [0, 0.1) is 11.6 Å². The van der Waals surface area contributed by atoms with Crippen molar-refractivity contribution < 1.29 is 13.5 Å². The minimum Gasteiger partial charge on any atom is -0.456 e. The molecule has 2 aromatic carbocycles. The zero-order valence-electron chi connectivity index (χ0n) is 15.9. The van der Waals surface area contributed by atoms with Crippen molar-refractivity contribution in [2.45, 2.75) is 0 Å². The van der Waals surface area contributed by atoms with Crippen LogP contribution in [-0.4, -0.2) is 15.0 Å². The monoisotopic (exact) mass is 416 g/mol. The van der Waals surface area contributed by atoms with Gasteiger partial charge in [-0.25, -0.2) is 13.8 Å². The molecule has 0 bridgehead atoms. The first kappa shape index (κ1) is 18.7. The van der Waals surface area contributed by atoms with Gasteiger partial charge in [-0.2, -0.15) is 0 Å². The molecule has 3 heterocycles. The molecule has 0 radical (unpaired) electrons. The summed E-state index contributed by atoms with van der Waals surface area (Å²) in [6.45, 7) is 0. The summed E-state index contributed by atoms with van der Waals surface area (Å²) in [6.07, 6.45) is 4.59. The Morgan fingerprint density at radius 3 is 2.68 bits per heavy atom. The van der Waals surface area contributed by atoms with Crippen LogP contribution in [-0.2, 0) is 0 Å². The summed E-state index contributed by atoms with van der Waals surface area (Å²) in [5.41, 5.74) is 0.388. The summed E-state index contributed by atoms with van der Waals surface area (Å²) in [7, 11) is 0. The molecule has 5 rings (SSSR count). The van der Waals surface area contributed by atoms with Crippen LogP contribution in [0.5, 0.6) is 11.5 Å². The largest absolute Gasteiger partial charge is 0.456 e. The van der Waals surface area contributed by atoms with E-state index in [1.54, 1.807) is 30.5 Å². The SMILES string of the molecule is O=c1[nH]ccc2nc(Nc3cc(F)cc(Oc4cccnc4)c3)c3ccc(F)cc3c12. The maximum absolute atomic E-state index is 14.3. The van der Waals surface area contributed by atoms with Crippen molar-refractivity contribution in [1.29, 1.82) is 0 Å². The van der Waals surface area contributed by atoms with Crippen LogP contribution in [0.25, 0.3) is 21.7 Å². The Labute approximate surface area is 174 Å². The topological polar surface area (TPSA) is 79.9 Å². The number of hydrogen-bond donors (Lipinski definition) is 2. The first-order valence-corrected chi connectivity index (χ1v) is 9.33. The Morgan fingerprint density at radius 2 is 1.84 bits per heavy atom.